The lowest BCUT2D eigenvalue weighted by molar-refractivity contribution is 0.199. The van der Waals surface area contributed by atoms with Crippen molar-refractivity contribution in [1.82, 2.24) is 9.80 Å². The highest BCUT2D eigenvalue weighted by Gasteiger charge is 2.25. The van der Waals surface area contributed by atoms with Gasteiger partial charge in [-0.05, 0) is 33.5 Å². The number of nitrogens with two attached hydrogens (primary N) is 1. The molecule has 1 unspecified atom stereocenters. The Labute approximate surface area is 115 Å². The molecule has 1 aliphatic heterocycles. The molecule has 0 amide bonds. The van der Waals surface area contributed by atoms with Gasteiger partial charge < -0.3 is 10.6 Å². The van der Waals surface area contributed by atoms with Crippen molar-refractivity contribution >= 4 is 0 Å². The van der Waals surface area contributed by atoms with Crippen LogP contribution in [-0.2, 0) is 13.1 Å². The van der Waals surface area contributed by atoms with E-state index in [2.05, 4.69) is 23.9 Å². The highest BCUT2D eigenvalue weighted by atomic mass is 19.1. The minimum absolute atomic E-state index is 0.125. The lowest BCUT2D eigenvalue weighted by Crippen LogP contribution is -2.37. The molecule has 2 N–H and O–H groups in total. The number of likely N-dealkylation sites (tertiary alicyclic amines) is 1. The Kier molecular flexibility index (Phi) is 4.91. The fourth-order valence-electron chi connectivity index (χ4n) is 2.86. The van der Waals surface area contributed by atoms with Crippen LogP contribution < -0.4 is 5.73 Å². The fourth-order valence-corrected chi connectivity index (χ4v) is 2.86. The van der Waals surface area contributed by atoms with Crippen molar-refractivity contribution in [2.24, 2.45) is 5.73 Å². The zero-order valence-corrected chi connectivity index (χ0v) is 11.9. The van der Waals surface area contributed by atoms with Gasteiger partial charge in [0.25, 0.3) is 0 Å². The number of hydrogen-bond acceptors (Lipinski definition) is 3. The lowest BCUT2D eigenvalue weighted by atomic mass is 10.1. The minimum Gasteiger partial charge on any atom is -0.326 e. The summed E-state index contributed by atoms with van der Waals surface area (Å²) in [6, 6.07) is 6.08. The van der Waals surface area contributed by atoms with E-state index in [1.54, 1.807) is 6.07 Å². The van der Waals surface area contributed by atoms with Crippen LogP contribution in [0.5, 0.6) is 0 Å². The summed E-state index contributed by atoms with van der Waals surface area (Å²) in [5.74, 6) is -0.125. The van der Waals surface area contributed by atoms with Crippen molar-refractivity contribution in [3.8, 4) is 0 Å². The summed E-state index contributed by atoms with van der Waals surface area (Å²) in [4.78, 5) is 4.59. The van der Waals surface area contributed by atoms with E-state index in [1.165, 1.54) is 12.8 Å². The summed E-state index contributed by atoms with van der Waals surface area (Å²) in [5.41, 5.74) is 6.94. The van der Waals surface area contributed by atoms with Gasteiger partial charge in [-0.15, -0.1) is 0 Å². The SMILES string of the molecule is CN(C)CC1CCCN1Cc1cccc(CN)c1F. The molecule has 0 radical (unpaired) electrons. The molecule has 1 atom stereocenters. The van der Waals surface area contributed by atoms with Gasteiger partial charge in [-0.3, -0.25) is 4.90 Å². The van der Waals surface area contributed by atoms with Gasteiger partial charge in [-0.25, -0.2) is 4.39 Å². The van der Waals surface area contributed by atoms with Crippen molar-refractivity contribution in [2.75, 3.05) is 27.2 Å². The van der Waals surface area contributed by atoms with Crippen LogP contribution in [0.1, 0.15) is 24.0 Å². The van der Waals surface area contributed by atoms with Crippen LogP contribution in [0.3, 0.4) is 0 Å². The lowest BCUT2D eigenvalue weighted by Gasteiger charge is -2.27. The maximum Gasteiger partial charge on any atom is 0.132 e. The van der Waals surface area contributed by atoms with E-state index in [-0.39, 0.29) is 12.4 Å². The third-order valence-corrected chi connectivity index (χ3v) is 3.83. The first-order chi connectivity index (χ1) is 9.11. The fraction of sp³-hybridized carbons (Fsp3) is 0.600. The summed E-state index contributed by atoms with van der Waals surface area (Å²) >= 11 is 0. The predicted molar refractivity (Wildman–Crippen MR) is 76.3 cm³/mol. The highest BCUT2D eigenvalue weighted by Crippen LogP contribution is 2.22. The molecule has 1 aliphatic rings. The molecule has 4 heteroatoms. The Morgan fingerprint density at radius 2 is 2.11 bits per heavy atom. The first-order valence-corrected chi connectivity index (χ1v) is 6.97. The summed E-state index contributed by atoms with van der Waals surface area (Å²) in [6.07, 6.45) is 2.41. The average molecular weight is 265 g/mol. The molecular weight excluding hydrogens is 241 g/mol. The predicted octanol–water partition coefficient (Wildman–Crippen LogP) is 1.81. The maximum atomic E-state index is 14.2. The van der Waals surface area contributed by atoms with Crippen molar-refractivity contribution in [3.05, 3.63) is 35.1 Å². The number of rotatable bonds is 5. The van der Waals surface area contributed by atoms with Gasteiger partial charge >= 0.3 is 0 Å². The van der Waals surface area contributed by atoms with Crippen LogP contribution in [0.4, 0.5) is 4.39 Å². The van der Waals surface area contributed by atoms with E-state index in [9.17, 15) is 4.39 Å². The van der Waals surface area contributed by atoms with E-state index in [4.69, 9.17) is 5.73 Å². The molecule has 0 aromatic heterocycles. The molecular formula is C15H24FN3. The number of likely N-dealkylation sites (N-methyl/N-ethyl adjacent to an activating group) is 1. The highest BCUT2D eigenvalue weighted by molar-refractivity contribution is 5.26. The molecule has 1 heterocycles. The molecule has 2 rings (SSSR count). The van der Waals surface area contributed by atoms with Crippen LogP contribution in [0.25, 0.3) is 0 Å². The second kappa shape index (κ2) is 6.46. The number of benzene rings is 1. The Hall–Kier alpha value is -0.970. The van der Waals surface area contributed by atoms with E-state index >= 15 is 0 Å². The maximum absolute atomic E-state index is 14.2. The third kappa shape index (κ3) is 3.53. The van der Waals surface area contributed by atoms with Gasteiger partial charge in [0.2, 0.25) is 0 Å². The summed E-state index contributed by atoms with van der Waals surface area (Å²) in [5, 5.41) is 0. The quantitative estimate of drug-likeness (QED) is 0.881. The monoisotopic (exact) mass is 265 g/mol. The van der Waals surface area contributed by atoms with E-state index in [0.717, 1.165) is 18.7 Å². The van der Waals surface area contributed by atoms with Gasteiger partial charge in [-0.1, -0.05) is 18.2 Å². The first kappa shape index (κ1) is 14.4. The molecule has 0 aliphatic carbocycles. The first-order valence-electron chi connectivity index (χ1n) is 6.97. The standard InChI is InChI=1S/C15H24FN3/c1-18(2)11-14-7-4-8-19(14)10-13-6-3-5-12(9-17)15(13)16/h3,5-6,14H,4,7-11,17H2,1-2H3. The smallest absolute Gasteiger partial charge is 0.132 e. The molecule has 1 aromatic carbocycles. The zero-order chi connectivity index (χ0) is 13.8. The molecule has 1 saturated heterocycles. The molecule has 106 valence electrons. The average Bonchev–Trinajstić information content (AvgIpc) is 2.78. The summed E-state index contributed by atoms with van der Waals surface area (Å²) < 4.78 is 14.2. The van der Waals surface area contributed by atoms with Gasteiger partial charge in [0.15, 0.2) is 0 Å². The van der Waals surface area contributed by atoms with Gasteiger partial charge in [0, 0.05) is 36.8 Å². The van der Waals surface area contributed by atoms with Crippen molar-refractivity contribution in [1.29, 1.82) is 0 Å². The molecule has 0 saturated carbocycles. The summed E-state index contributed by atoms with van der Waals surface area (Å²) in [6.45, 7) is 3.06. The number of halogens is 1. The molecule has 0 spiro atoms. The van der Waals surface area contributed by atoms with Crippen LogP contribution >= 0.6 is 0 Å². The number of nitrogens with zero attached hydrogens (tertiary/aromatic N) is 2. The van der Waals surface area contributed by atoms with Crippen molar-refractivity contribution in [2.45, 2.75) is 32.0 Å². The van der Waals surface area contributed by atoms with Gasteiger partial charge in [0.05, 0.1) is 0 Å². The van der Waals surface area contributed by atoms with Crippen molar-refractivity contribution in [3.63, 3.8) is 0 Å². The second-order valence-corrected chi connectivity index (χ2v) is 5.62. The van der Waals surface area contributed by atoms with E-state index < -0.39 is 0 Å². The largest absolute Gasteiger partial charge is 0.326 e. The molecule has 1 aromatic rings. The minimum atomic E-state index is -0.125. The van der Waals surface area contributed by atoms with Crippen LogP contribution in [-0.4, -0.2) is 43.0 Å². The van der Waals surface area contributed by atoms with E-state index in [0.29, 0.717) is 18.2 Å². The zero-order valence-electron chi connectivity index (χ0n) is 11.9. The Balaban J connectivity index is 2.08. The normalized spacial score (nSPS) is 20.4. The van der Waals surface area contributed by atoms with Gasteiger partial charge in [-0.2, -0.15) is 0 Å². The topological polar surface area (TPSA) is 32.5 Å². The second-order valence-electron chi connectivity index (χ2n) is 5.62. The van der Waals surface area contributed by atoms with Crippen LogP contribution in [0.15, 0.2) is 18.2 Å². The number of hydrogen-bond donors (Lipinski definition) is 1. The Morgan fingerprint density at radius 3 is 2.79 bits per heavy atom. The van der Waals surface area contributed by atoms with Crippen molar-refractivity contribution < 1.29 is 4.39 Å². The summed E-state index contributed by atoms with van der Waals surface area (Å²) in [7, 11) is 4.18. The van der Waals surface area contributed by atoms with E-state index in [1.807, 2.05) is 12.1 Å². The van der Waals surface area contributed by atoms with Gasteiger partial charge in [0.1, 0.15) is 5.82 Å². The Morgan fingerprint density at radius 1 is 1.37 bits per heavy atom. The third-order valence-electron chi connectivity index (χ3n) is 3.83. The Bertz CT molecular complexity index is 420. The molecule has 0 bridgehead atoms. The molecule has 1 fully saturated rings. The molecule has 19 heavy (non-hydrogen) atoms. The van der Waals surface area contributed by atoms with Crippen LogP contribution in [0, 0.1) is 5.82 Å². The molecule has 3 nitrogen and oxygen atoms in total. The van der Waals surface area contributed by atoms with Crippen LogP contribution in [0.2, 0.25) is 0 Å².